The summed E-state index contributed by atoms with van der Waals surface area (Å²) in [5.41, 5.74) is 1.21. The molecule has 1 aliphatic heterocycles. The summed E-state index contributed by atoms with van der Waals surface area (Å²) >= 11 is 0. The van der Waals surface area contributed by atoms with E-state index in [1.165, 1.54) is 4.90 Å². The number of likely N-dealkylation sites (tertiary alicyclic amines) is 1. The van der Waals surface area contributed by atoms with E-state index in [1.807, 2.05) is 0 Å². The van der Waals surface area contributed by atoms with Crippen molar-refractivity contribution in [1.29, 1.82) is 0 Å². The van der Waals surface area contributed by atoms with E-state index in [2.05, 4.69) is 4.98 Å². The van der Waals surface area contributed by atoms with Crippen molar-refractivity contribution < 1.29 is 22.4 Å². The Morgan fingerprint density at radius 2 is 2.14 bits per heavy atom. The molecule has 1 amide bonds. The van der Waals surface area contributed by atoms with Gasteiger partial charge in [0.25, 0.3) is 6.01 Å². The first-order valence-corrected chi connectivity index (χ1v) is 6.79. The fourth-order valence-corrected chi connectivity index (χ4v) is 2.60. The molecule has 1 aromatic carbocycles. The van der Waals surface area contributed by atoms with Gasteiger partial charge in [0, 0.05) is 13.6 Å². The van der Waals surface area contributed by atoms with Gasteiger partial charge in [-0.1, -0.05) is 12.1 Å². The van der Waals surface area contributed by atoms with Gasteiger partial charge >= 0.3 is 6.18 Å². The van der Waals surface area contributed by atoms with Crippen molar-refractivity contribution in [1.82, 2.24) is 9.88 Å². The molecule has 22 heavy (non-hydrogen) atoms. The predicted molar refractivity (Wildman–Crippen MR) is 73.5 cm³/mol. The summed E-state index contributed by atoms with van der Waals surface area (Å²) in [6.07, 6.45) is -4.08. The monoisotopic (exact) mass is 313 g/mol. The minimum Gasteiger partial charge on any atom is -0.423 e. The van der Waals surface area contributed by atoms with Crippen molar-refractivity contribution >= 4 is 23.0 Å². The minimum atomic E-state index is -4.39. The second-order valence-corrected chi connectivity index (χ2v) is 5.25. The van der Waals surface area contributed by atoms with E-state index in [0.29, 0.717) is 17.5 Å². The highest BCUT2D eigenvalue weighted by atomic mass is 19.4. The molecule has 2 aromatic rings. The number of alkyl halides is 3. The Morgan fingerprint density at radius 3 is 2.82 bits per heavy atom. The number of oxazole rings is 1. The van der Waals surface area contributed by atoms with Crippen molar-refractivity contribution in [3.05, 3.63) is 24.3 Å². The summed E-state index contributed by atoms with van der Waals surface area (Å²) in [4.78, 5) is 18.7. The van der Waals surface area contributed by atoms with E-state index in [4.69, 9.17) is 4.42 Å². The molecular formula is C14H14F3N3O2. The zero-order chi connectivity index (χ0) is 15.9. The predicted octanol–water partition coefficient (Wildman–Crippen LogP) is 2.43. The summed E-state index contributed by atoms with van der Waals surface area (Å²) in [7, 11) is 1.60. The Morgan fingerprint density at radius 1 is 1.41 bits per heavy atom. The molecule has 8 heteroatoms. The Balaban J connectivity index is 1.78. The quantitative estimate of drug-likeness (QED) is 0.873. The first-order chi connectivity index (χ1) is 10.3. The van der Waals surface area contributed by atoms with Crippen LogP contribution in [0.1, 0.15) is 6.42 Å². The fourth-order valence-electron chi connectivity index (χ4n) is 2.60. The molecule has 2 heterocycles. The van der Waals surface area contributed by atoms with Gasteiger partial charge in [-0.3, -0.25) is 4.79 Å². The first kappa shape index (κ1) is 14.7. The van der Waals surface area contributed by atoms with Gasteiger partial charge in [0.2, 0.25) is 5.91 Å². The number of carbonyl (C=O) groups is 1. The van der Waals surface area contributed by atoms with Crippen LogP contribution in [0.25, 0.3) is 11.1 Å². The van der Waals surface area contributed by atoms with Gasteiger partial charge < -0.3 is 14.2 Å². The molecule has 1 aromatic heterocycles. The van der Waals surface area contributed by atoms with Gasteiger partial charge in [-0.25, -0.2) is 0 Å². The molecule has 118 valence electrons. The lowest BCUT2D eigenvalue weighted by molar-refractivity contribution is -0.157. The molecule has 0 aliphatic carbocycles. The smallest absolute Gasteiger partial charge is 0.406 e. The van der Waals surface area contributed by atoms with Crippen molar-refractivity contribution in [3.8, 4) is 0 Å². The number of fused-ring (bicyclic) bond motifs is 1. The number of carbonyl (C=O) groups excluding carboxylic acids is 1. The third-order valence-electron chi connectivity index (χ3n) is 3.69. The van der Waals surface area contributed by atoms with E-state index in [1.54, 1.807) is 31.3 Å². The highest BCUT2D eigenvalue weighted by Crippen LogP contribution is 2.27. The van der Waals surface area contributed by atoms with Gasteiger partial charge in [0.1, 0.15) is 18.1 Å². The number of likely N-dealkylation sites (N-methyl/N-ethyl adjacent to an activating group) is 1. The Labute approximate surface area is 124 Å². The first-order valence-electron chi connectivity index (χ1n) is 6.79. The number of para-hydroxylation sites is 2. The summed E-state index contributed by atoms with van der Waals surface area (Å²) in [5.74, 6) is -0.554. The third kappa shape index (κ3) is 2.72. The van der Waals surface area contributed by atoms with Crippen LogP contribution in [0.3, 0.4) is 0 Å². The van der Waals surface area contributed by atoms with Crippen LogP contribution >= 0.6 is 0 Å². The Bertz CT molecular complexity index is 665. The van der Waals surface area contributed by atoms with Crippen molar-refractivity contribution in [2.24, 2.45) is 0 Å². The maximum Gasteiger partial charge on any atom is 0.406 e. The second-order valence-electron chi connectivity index (χ2n) is 5.25. The lowest BCUT2D eigenvalue weighted by atomic mass is 10.2. The van der Waals surface area contributed by atoms with Crippen LogP contribution in [0, 0.1) is 0 Å². The number of halogens is 3. The molecule has 3 rings (SSSR count). The van der Waals surface area contributed by atoms with Gasteiger partial charge in [-0.15, -0.1) is 0 Å². The largest absolute Gasteiger partial charge is 0.423 e. The van der Waals surface area contributed by atoms with Crippen molar-refractivity contribution in [2.45, 2.75) is 18.6 Å². The zero-order valence-corrected chi connectivity index (χ0v) is 11.8. The molecule has 1 aliphatic rings. The number of nitrogens with zero attached hydrogens (tertiary/aromatic N) is 3. The van der Waals surface area contributed by atoms with Gasteiger partial charge in [-0.2, -0.15) is 18.2 Å². The average Bonchev–Trinajstić information content (AvgIpc) is 3.01. The van der Waals surface area contributed by atoms with E-state index < -0.39 is 24.7 Å². The van der Waals surface area contributed by atoms with E-state index in [0.717, 1.165) is 4.90 Å². The van der Waals surface area contributed by atoms with Crippen LogP contribution in [0.15, 0.2) is 28.7 Å². The molecule has 0 saturated carbocycles. The standard InChI is InChI=1S/C14H14F3N3O2/c1-19(13-18-9-4-2-3-5-11(9)22-13)10-6-7-20(12(10)21)8-14(15,16)17/h2-5,10H,6-8H2,1H3/t10-/m1/s1. The van der Waals surface area contributed by atoms with Crippen molar-refractivity contribution in [3.63, 3.8) is 0 Å². The van der Waals surface area contributed by atoms with Crippen LogP contribution in [0.5, 0.6) is 0 Å². The molecule has 1 fully saturated rings. The Kier molecular flexibility index (Phi) is 3.46. The summed E-state index contributed by atoms with van der Waals surface area (Å²) < 4.78 is 42.8. The lowest BCUT2D eigenvalue weighted by Gasteiger charge is -2.22. The molecule has 0 unspecified atom stereocenters. The Hall–Kier alpha value is -2.25. The average molecular weight is 313 g/mol. The molecule has 5 nitrogen and oxygen atoms in total. The number of hydrogen-bond donors (Lipinski definition) is 0. The lowest BCUT2D eigenvalue weighted by Crippen LogP contribution is -2.42. The second kappa shape index (κ2) is 5.19. The third-order valence-corrected chi connectivity index (χ3v) is 3.69. The van der Waals surface area contributed by atoms with E-state index in [-0.39, 0.29) is 12.6 Å². The van der Waals surface area contributed by atoms with Crippen LogP contribution in [-0.4, -0.2) is 48.1 Å². The highest BCUT2D eigenvalue weighted by Gasteiger charge is 2.41. The molecule has 1 atom stereocenters. The van der Waals surface area contributed by atoms with Crippen LogP contribution in [0.4, 0.5) is 19.2 Å². The molecule has 0 spiro atoms. The summed E-state index contributed by atoms with van der Waals surface area (Å²) in [6, 6.07) is 6.65. The molecule has 0 bridgehead atoms. The van der Waals surface area contributed by atoms with E-state index >= 15 is 0 Å². The van der Waals surface area contributed by atoms with E-state index in [9.17, 15) is 18.0 Å². The number of hydrogen-bond acceptors (Lipinski definition) is 4. The number of amides is 1. The normalized spacial score (nSPS) is 19.2. The number of benzene rings is 1. The fraction of sp³-hybridized carbons (Fsp3) is 0.429. The zero-order valence-electron chi connectivity index (χ0n) is 11.8. The molecule has 1 saturated heterocycles. The summed E-state index contributed by atoms with van der Waals surface area (Å²) in [6.45, 7) is -1.14. The molecule has 0 N–H and O–H groups in total. The summed E-state index contributed by atoms with van der Waals surface area (Å²) in [5, 5.41) is 0. The number of rotatable bonds is 3. The van der Waals surface area contributed by atoms with Gasteiger partial charge in [-0.05, 0) is 18.6 Å². The topological polar surface area (TPSA) is 49.6 Å². The maximum atomic E-state index is 12.4. The number of aromatic nitrogens is 1. The molecular weight excluding hydrogens is 299 g/mol. The highest BCUT2D eigenvalue weighted by molar-refractivity contribution is 5.87. The van der Waals surface area contributed by atoms with Gasteiger partial charge in [0.05, 0.1) is 0 Å². The van der Waals surface area contributed by atoms with Crippen LogP contribution in [0.2, 0.25) is 0 Å². The SMILES string of the molecule is CN(c1nc2ccccc2o1)[C@@H]1CCN(CC(F)(F)F)C1=O. The van der Waals surface area contributed by atoms with Crippen LogP contribution in [-0.2, 0) is 4.79 Å². The van der Waals surface area contributed by atoms with Gasteiger partial charge in [0.15, 0.2) is 5.58 Å². The number of anilines is 1. The van der Waals surface area contributed by atoms with Crippen molar-refractivity contribution in [2.75, 3.05) is 25.0 Å². The minimum absolute atomic E-state index is 0.0770. The maximum absolute atomic E-state index is 12.4. The molecule has 0 radical (unpaired) electrons. The van der Waals surface area contributed by atoms with Crippen LogP contribution < -0.4 is 4.90 Å².